The molecule has 2 unspecified atom stereocenters. The fourth-order valence-electron chi connectivity index (χ4n) is 4.51. The van der Waals surface area contributed by atoms with Crippen molar-refractivity contribution < 1.29 is 19.1 Å². The van der Waals surface area contributed by atoms with Crippen LogP contribution in [0, 0.1) is 23.2 Å². The first kappa shape index (κ1) is 26.6. The molecule has 0 aromatic rings. The molecule has 176 valence electrons. The van der Waals surface area contributed by atoms with Crippen LogP contribution in [0.15, 0.2) is 0 Å². The van der Waals surface area contributed by atoms with Gasteiger partial charge < -0.3 is 19.3 Å². The predicted octanol–water partition coefficient (Wildman–Crippen LogP) is 5.80. The summed E-state index contributed by atoms with van der Waals surface area (Å²) in [4.78, 5) is 25.7. The Kier molecular flexibility index (Phi) is 10.5. The van der Waals surface area contributed by atoms with Crippen molar-refractivity contribution in [3.05, 3.63) is 0 Å². The summed E-state index contributed by atoms with van der Waals surface area (Å²) in [5.41, 5.74) is 0.385. The second kappa shape index (κ2) is 11.8. The third-order valence-corrected chi connectivity index (χ3v) is 6.30. The molecule has 2 aliphatic carbocycles. The number of carbonyl (C=O) groups excluding carboxylic acids is 2. The molecule has 2 saturated carbocycles. The summed E-state index contributed by atoms with van der Waals surface area (Å²) in [6.45, 7) is 11.3. The van der Waals surface area contributed by atoms with Crippen molar-refractivity contribution in [3.8, 4) is 0 Å². The lowest BCUT2D eigenvalue weighted by atomic mass is 9.72. The molecule has 2 amide bonds. The van der Waals surface area contributed by atoms with Gasteiger partial charge in [0.15, 0.2) is 0 Å². The van der Waals surface area contributed by atoms with E-state index in [1.54, 1.807) is 28.2 Å². The van der Waals surface area contributed by atoms with Crippen LogP contribution in [0.5, 0.6) is 0 Å². The smallest absolute Gasteiger partial charge is 0.409 e. The summed E-state index contributed by atoms with van der Waals surface area (Å²) in [5, 5.41) is 0. The molecule has 0 aromatic heterocycles. The second-order valence-electron chi connectivity index (χ2n) is 10.9. The molecule has 2 fully saturated rings. The summed E-state index contributed by atoms with van der Waals surface area (Å²) in [6, 6.07) is 0. The van der Waals surface area contributed by atoms with E-state index in [2.05, 4.69) is 34.6 Å². The lowest BCUT2D eigenvalue weighted by Gasteiger charge is -2.36. The maximum absolute atomic E-state index is 11.4. The minimum absolute atomic E-state index is 0.128. The van der Waals surface area contributed by atoms with Gasteiger partial charge in [0.1, 0.15) is 12.2 Å². The van der Waals surface area contributed by atoms with Crippen molar-refractivity contribution >= 4 is 12.2 Å². The highest BCUT2D eigenvalue weighted by atomic mass is 16.6. The lowest BCUT2D eigenvalue weighted by Crippen LogP contribution is -2.33. The molecule has 30 heavy (non-hydrogen) atoms. The van der Waals surface area contributed by atoms with Crippen LogP contribution in [0.1, 0.15) is 79.6 Å². The Morgan fingerprint density at radius 2 is 1.10 bits per heavy atom. The summed E-state index contributed by atoms with van der Waals surface area (Å²) in [7, 11) is 6.89. The monoisotopic (exact) mass is 426 g/mol. The molecule has 6 nitrogen and oxygen atoms in total. The number of rotatable bonds is 2. The van der Waals surface area contributed by atoms with Gasteiger partial charge in [-0.2, -0.15) is 0 Å². The Balaban J connectivity index is 0.000000303. The largest absolute Gasteiger partial charge is 0.446 e. The maximum atomic E-state index is 11.4. The minimum atomic E-state index is -0.212. The van der Waals surface area contributed by atoms with Crippen LogP contribution in [0.4, 0.5) is 9.59 Å². The van der Waals surface area contributed by atoms with E-state index in [-0.39, 0.29) is 24.4 Å². The van der Waals surface area contributed by atoms with E-state index in [9.17, 15) is 9.59 Å². The summed E-state index contributed by atoms with van der Waals surface area (Å²) < 4.78 is 10.8. The molecule has 0 spiro atoms. The van der Waals surface area contributed by atoms with Crippen LogP contribution in [-0.2, 0) is 9.47 Å². The molecule has 0 radical (unpaired) electrons. The van der Waals surface area contributed by atoms with Crippen LogP contribution in [0.25, 0.3) is 0 Å². The standard InChI is InChI=1S/C13H25NO2.C11H21NO2/c1-13(2,3)10-6-8-11(9-7-10)16-12(15)14(4)5;1-8-5-9(2)7-10(6-8)14-11(13)12(3)4/h10-11H,6-9H2,1-5H3;8-10H,5-7H2,1-4H3. The number of hydrogen-bond acceptors (Lipinski definition) is 4. The number of carbonyl (C=O) groups is 2. The Morgan fingerprint density at radius 1 is 0.700 bits per heavy atom. The van der Waals surface area contributed by atoms with Crippen molar-refractivity contribution in [2.45, 2.75) is 91.8 Å². The Labute approximate surface area is 184 Å². The van der Waals surface area contributed by atoms with E-state index in [1.165, 1.54) is 29.1 Å². The molecule has 0 heterocycles. The highest BCUT2D eigenvalue weighted by Crippen LogP contribution is 2.38. The lowest BCUT2D eigenvalue weighted by molar-refractivity contribution is 0.0311. The first-order valence-corrected chi connectivity index (χ1v) is 11.5. The SMILES string of the molecule is CC1CC(C)CC(OC(=O)N(C)C)C1.CN(C)C(=O)OC1CCC(C(C)(C)C)CC1. The van der Waals surface area contributed by atoms with Crippen LogP contribution >= 0.6 is 0 Å². The van der Waals surface area contributed by atoms with Gasteiger partial charge >= 0.3 is 12.2 Å². The maximum Gasteiger partial charge on any atom is 0.409 e. The van der Waals surface area contributed by atoms with Gasteiger partial charge in [-0.3, -0.25) is 0 Å². The van der Waals surface area contributed by atoms with Gasteiger partial charge in [-0.1, -0.05) is 34.6 Å². The second-order valence-corrected chi connectivity index (χ2v) is 10.9. The van der Waals surface area contributed by atoms with Crippen molar-refractivity contribution in [3.63, 3.8) is 0 Å². The normalized spacial score (nSPS) is 29.2. The van der Waals surface area contributed by atoms with Gasteiger partial charge in [0.25, 0.3) is 0 Å². The molecule has 0 bridgehead atoms. The molecule has 2 rings (SSSR count). The Bertz CT molecular complexity index is 524. The number of amides is 2. The van der Waals surface area contributed by atoms with Gasteiger partial charge in [-0.25, -0.2) is 9.59 Å². The van der Waals surface area contributed by atoms with E-state index >= 15 is 0 Å². The van der Waals surface area contributed by atoms with Crippen molar-refractivity contribution in [2.75, 3.05) is 28.2 Å². The van der Waals surface area contributed by atoms with Gasteiger partial charge in [-0.05, 0) is 68.1 Å². The third kappa shape index (κ3) is 9.57. The summed E-state index contributed by atoms with van der Waals surface area (Å²) in [5.74, 6) is 2.12. The molecule has 2 atom stereocenters. The van der Waals surface area contributed by atoms with Crippen molar-refractivity contribution in [2.24, 2.45) is 23.2 Å². The zero-order valence-electron chi connectivity index (χ0n) is 20.9. The molecule has 0 aliphatic heterocycles. The first-order valence-electron chi connectivity index (χ1n) is 11.5. The first-order chi connectivity index (χ1) is 13.8. The number of hydrogen-bond donors (Lipinski definition) is 0. The zero-order valence-corrected chi connectivity index (χ0v) is 20.9. The van der Waals surface area contributed by atoms with Crippen LogP contribution < -0.4 is 0 Å². The van der Waals surface area contributed by atoms with Gasteiger partial charge in [-0.15, -0.1) is 0 Å². The van der Waals surface area contributed by atoms with Gasteiger partial charge in [0, 0.05) is 28.2 Å². The Hall–Kier alpha value is -1.46. The molecule has 0 saturated heterocycles. The summed E-state index contributed by atoms with van der Waals surface area (Å²) >= 11 is 0. The van der Waals surface area contributed by atoms with Gasteiger partial charge in [0.2, 0.25) is 0 Å². The highest BCUT2D eigenvalue weighted by Gasteiger charge is 2.31. The predicted molar refractivity (Wildman–Crippen MR) is 122 cm³/mol. The zero-order chi connectivity index (χ0) is 23.1. The topological polar surface area (TPSA) is 59.1 Å². The fraction of sp³-hybridized carbons (Fsp3) is 0.917. The van der Waals surface area contributed by atoms with Crippen molar-refractivity contribution in [1.82, 2.24) is 9.80 Å². The van der Waals surface area contributed by atoms with E-state index in [4.69, 9.17) is 9.47 Å². The minimum Gasteiger partial charge on any atom is -0.446 e. The van der Waals surface area contributed by atoms with Crippen molar-refractivity contribution in [1.29, 1.82) is 0 Å². The van der Waals surface area contributed by atoms with E-state index < -0.39 is 0 Å². The summed E-state index contributed by atoms with van der Waals surface area (Å²) in [6.07, 6.45) is 7.52. The molecule has 0 aromatic carbocycles. The molecule has 2 aliphatic rings. The third-order valence-electron chi connectivity index (χ3n) is 6.30. The van der Waals surface area contributed by atoms with E-state index in [0.29, 0.717) is 17.3 Å². The van der Waals surface area contributed by atoms with Crippen LogP contribution in [0.2, 0.25) is 0 Å². The Morgan fingerprint density at radius 3 is 1.47 bits per heavy atom. The van der Waals surface area contributed by atoms with Crippen LogP contribution in [0.3, 0.4) is 0 Å². The van der Waals surface area contributed by atoms with E-state index in [1.807, 2.05) is 0 Å². The molecular weight excluding hydrogens is 380 g/mol. The van der Waals surface area contributed by atoms with Crippen LogP contribution in [-0.4, -0.2) is 62.4 Å². The van der Waals surface area contributed by atoms with Gasteiger partial charge in [0.05, 0.1) is 0 Å². The molecule has 6 heteroatoms. The van der Waals surface area contributed by atoms with E-state index in [0.717, 1.165) is 31.6 Å². The average Bonchev–Trinajstić information content (AvgIpc) is 2.60. The highest BCUT2D eigenvalue weighted by molar-refractivity contribution is 5.67. The average molecular weight is 427 g/mol. The molecular formula is C24H46N2O4. The quantitative estimate of drug-likeness (QED) is 0.560. The fourth-order valence-corrected chi connectivity index (χ4v) is 4.51. The molecule has 0 N–H and O–H groups in total. The number of nitrogens with zero attached hydrogens (tertiary/aromatic N) is 2. The number of ether oxygens (including phenoxy) is 2.